The van der Waals surface area contributed by atoms with Crippen LogP contribution in [0.4, 0.5) is 10.2 Å². The first kappa shape index (κ1) is 13.2. The summed E-state index contributed by atoms with van der Waals surface area (Å²) >= 11 is 0. The molecular formula is C16H15FN4. The smallest absolute Gasteiger partial charge is 0.160 e. The zero-order valence-electron chi connectivity index (χ0n) is 11.5. The van der Waals surface area contributed by atoms with Crippen LogP contribution in [-0.4, -0.2) is 9.66 Å². The van der Waals surface area contributed by atoms with Crippen molar-refractivity contribution in [3.05, 3.63) is 59.9 Å². The number of rotatable bonds is 2. The van der Waals surface area contributed by atoms with Gasteiger partial charge < -0.3 is 11.6 Å². The molecule has 0 bridgehead atoms. The van der Waals surface area contributed by atoms with Gasteiger partial charge in [-0.2, -0.15) is 0 Å². The van der Waals surface area contributed by atoms with Gasteiger partial charge >= 0.3 is 0 Å². The van der Waals surface area contributed by atoms with E-state index in [1.807, 2.05) is 37.3 Å². The topological polar surface area (TPSA) is 69.9 Å². The van der Waals surface area contributed by atoms with Gasteiger partial charge in [-0.05, 0) is 19.1 Å². The van der Waals surface area contributed by atoms with Crippen LogP contribution < -0.4 is 11.6 Å². The second-order valence-corrected chi connectivity index (χ2v) is 4.89. The van der Waals surface area contributed by atoms with Gasteiger partial charge in [-0.25, -0.2) is 14.1 Å². The molecule has 0 unspecified atom stereocenters. The van der Waals surface area contributed by atoms with Crippen LogP contribution in [0.2, 0.25) is 0 Å². The summed E-state index contributed by atoms with van der Waals surface area (Å²) in [5.41, 5.74) is 8.47. The first-order chi connectivity index (χ1) is 10.1. The summed E-state index contributed by atoms with van der Waals surface area (Å²) in [5, 5.41) is 0. The Balaban J connectivity index is 2.20. The summed E-state index contributed by atoms with van der Waals surface area (Å²) in [6, 6.07) is 14.2. The van der Waals surface area contributed by atoms with Crippen LogP contribution >= 0.6 is 0 Å². The average Bonchev–Trinajstić information content (AvgIpc) is 2.79. The van der Waals surface area contributed by atoms with Gasteiger partial charge in [0.25, 0.3) is 0 Å². The normalized spacial score (nSPS) is 10.8. The molecule has 1 heterocycles. The second-order valence-electron chi connectivity index (χ2n) is 4.89. The number of nitrogens with zero attached hydrogens (tertiary/aromatic N) is 2. The fraction of sp³-hybridized carbons (Fsp3) is 0.0625. The molecule has 0 radical (unpaired) electrons. The molecule has 4 N–H and O–H groups in total. The van der Waals surface area contributed by atoms with Crippen molar-refractivity contribution in [2.24, 2.45) is 0 Å². The van der Waals surface area contributed by atoms with Crippen LogP contribution in [0.5, 0.6) is 0 Å². The predicted octanol–water partition coefficient (Wildman–Crippen LogP) is 2.96. The highest BCUT2D eigenvalue weighted by molar-refractivity contribution is 5.76. The Hall–Kier alpha value is -2.82. The molecule has 3 rings (SSSR count). The molecule has 0 amide bonds. The molecule has 4 nitrogen and oxygen atoms in total. The van der Waals surface area contributed by atoms with Gasteiger partial charge in [-0.15, -0.1) is 0 Å². The quantitative estimate of drug-likeness (QED) is 0.710. The van der Waals surface area contributed by atoms with Crippen LogP contribution in [0, 0.1) is 12.7 Å². The molecule has 5 heteroatoms. The van der Waals surface area contributed by atoms with Crippen molar-refractivity contribution in [3.63, 3.8) is 0 Å². The standard InChI is InChI=1S/C16H15FN4/c1-10-7-8-13(17)12(9-10)14-15(18)21(19)16(20-14)11-5-3-2-4-6-11/h2-9H,18-19H2,1H3. The highest BCUT2D eigenvalue weighted by Crippen LogP contribution is 2.31. The minimum Gasteiger partial charge on any atom is -0.382 e. The van der Waals surface area contributed by atoms with Gasteiger partial charge in [0.2, 0.25) is 0 Å². The van der Waals surface area contributed by atoms with Gasteiger partial charge in [0.05, 0.1) is 0 Å². The Morgan fingerprint density at radius 1 is 1.10 bits per heavy atom. The molecule has 2 aromatic carbocycles. The monoisotopic (exact) mass is 282 g/mol. The fourth-order valence-corrected chi connectivity index (χ4v) is 2.25. The lowest BCUT2D eigenvalue weighted by Crippen LogP contribution is -2.13. The highest BCUT2D eigenvalue weighted by atomic mass is 19.1. The van der Waals surface area contributed by atoms with Gasteiger partial charge in [-0.1, -0.05) is 42.0 Å². The van der Waals surface area contributed by atoms with E-state index in [-0.39, 0.29) is 11.6 Å². The number of aromatic nitrogens is 2. The van der Waals surface area contributed by atoms with Crippen molar-refractivity contribution in [1.29, 1.82) is 0 Å². The Morgan fingerprint density at radius 2 is 1.81 bits per heavy atom. The zero-order chi connectivity index (χ0) is 15.0. The third-order valence-electron chi connectivity index (χ3n) is 3.36. The summed E-state index contributed by atoms with van der Waals surface area (Å²) in [7, 11) is 0. The molecule has 0 spiro atoms. The zero-order valence-corrected chi connectivity index (χ0v) is 11.5. The lowest BCUT2D eigenvalue weighted by atomic mass is 10.1. The van der Waals surface area contributed by atoms with Crippen molar-refractivity contribution in [1.82, 2.24) is 9.66 Å². The highest BCUT2D eigenvalue weighted by Gasteiger charge is 2.18. The van der Waals surface area contributed by atoms with Crippen LogP contribution in [0.3, 0.4) is 0 Å². The lowest BCUT2D eigenvalue weighted by molar-refractivity contribution is 0.630. The van der Waals surface area contributed by atoms with Crippen molar-refractivity contribution in [2.45, 2.75) is 6.92 Å². The molecule has 0 aliphatic carbocycles. The maximum Gasteiger partial charge on any atom is 0.160 e. The largest absolute Gasteiger partial charge is 0.382 e. The van der Waals surface area contributed by atoms with E-state index in [0.29, 0.717) is 17.1 Å². The van der Waals surface area contributed by atoms with E-state index in [2.05, 4.69) is 4.98 Å². The molecule has 0 saturated carbocycles. The number of nitrogens with two attached hydrogens (primary N) is 2. The molecule has 0 aliphatic heterocycles. The number of hydrogen-bond donors (Lipinski definition) is 2. The molecule has 0 saturated heterocycles. The maximum atomic E-state index is 14.0. The number of benzene rings is 2. The molecular weight excluding hydrogens is 267 g/mol. The molecule has 1 aromatic heterocycles. The average molecular weight is 282 g/mol. The van der Waals surface area contributed by atoms with E-state index in [0.717, 1.165) is 11.1 Å². The minimum atomic E-state index is -0.370. The molecule has 3 aromatic rings. The fourth-order valence-electron chi connectivity index (χ4n) is 2.25. The summed E-state index contributed by atoms with van der Waals surface area (Å²) in [6.45, 7) is 1.89. The molecule has 21 heavy (non-hydrogen) atoms. The Bertz CT molecular complexity index is 794. The Morgan fingerprint density at radius 3 is 2.52 bits per heavy atom. The summed E-state index contributed by atoms with van der Waals surface area (Å²) < 4.78 is 15.3. The van der Waals surface area contributed by atoms with E-state index in [1.165, 1.54) is 10.7 Å². The number of anilines is 1. The number of hydrogen-bond acceptors (Lipinski definition) is 3. The van der Waals surface area contributed by atoms with Crippen molar-refractivity contribution in [2.75, 3.05) is 11.6 Å². The van der Waals surface area contributed by atoms with Crippen LogP contribution in [0.15, 0.2) is 48.5 Å². The van der Waals surface area contributed by atoms with Crippen molar-refractivity contribution < 1.29 is 4.39 Å². The van der Waals surface area contributed by atoms with Crippen molar-refractivity contribution in [3.8, 4) is 22.6 Å². The molecule has 0 fully saturated rings. The molecule has 0 atom stereocenters. The maximum absolute atomic E-state index is 14.0. The Labute approximate surface area is 121 Å². The second kappa shape index (κ2) is 4.94. The van der Waals surface area contributed by atoms with E-state index < -0.39 is 0 Å². The molecule has 106 valence electrons. The number of aryl methyl sites for hydroxylation is 1. The van der Waals surface area contributed by atoms with E-state index in [4.69, 9.17) is 11.6 Å². The third-order valence-corrected chi connectivity index (χ3v) is 3.36. The SMILES string of the molecule is Cc1ccc(F)c(-c2nc(-c3ccccc3)n(N)c2N)c1. The van der Waals surface area contributed by atoms with E-state index in [1.54, 1.807) is 12.1 Å². The number of imidazole rings is 1. The third kappa shape index (κ3) is 2.23. The van der Waals surface area contributed by atoms with Gasteiger partial charge in [-0.3, -0.25) is 0 Å². The van der Waals surface area contributed by atoms with Crippen LogP contribution in [0.1, 0.15) is 5.56 Å². The Kier molecular flexibility index (Phi) is 3.10. The molecule has 0 aliphatic rings. The summed E-state index contributed by atoms with van der Waals surface area (Å²) in [6.07, 6.45) is 0. The number of halogens is 1. The minimum absolute atomic E-state index is 0.235. The van der Waals surface area contributed by atoms with Gasteiger partial charge in [0, 0.05) is 11.1 Å². The number of nitrogen functional groups attached to an aromatic ring is 2. The van der Waals surface area contributed by atoms with E-state index in [9.17, 15) is 4.39 Å². The predicted molar refractivity (Wildman–Crippen MR) is 82.4 cm³/mol. The first-order valence-corrected chi connectivity index (χ1v) is 6.53. The van der Waals surface area contributed by atoms with E-state index >= 15 is 0 Å². The van der Waals surface area contributed by atoms with Gasteiger partial charge in [0.1, 0.15) is 11.5 Å². The van der Waals surface area contributed by atoms with Crippen molar-refractivity contribution >= 4 is 5.82 Å². The summed E-state index contributed by atoms with van der Waals surface area (Å²) in [4.78, 5) is 4.42. The summed E-state index contributed by atoms with van der Waals surface area (Å²) in [5.74, 6) is 6.34. The van der Waals surface area contributed by atoms with Crippen LogP contribution in [0.25, 0.3) is 22.6 Å². The first-order valence-electron chi connectivity index (χ1n) is 6.53. The van der Waals surface area contributed by atoms with Gasteiger partial charge in [0.15, 0.2) is 11.6 Å². The lowest BCUT2D eigenvalue weighted by Gasteiger charge is -2.03. The van der Waals surface area contributed by atoms with Crippen LogP contribution in [-0.2, 0) is 0 Å².